The van der Waals surface area contributed by atoms with Gasteiger partial charge in [-0.2, -0.15) is 0 Å². The van der Waals surface area contributed by atoms with Crippen molar-refractivity contribution >= 4 is 5.97 Å². The van der Waals surface area contributed by atoms with E-state index in [9.17, 15) is 14.7 Å². The van der Waals surface area contributed by atoms with Gasteiger partial charge in [0.25, 0.3) is 0 Å². The fourth-order valence-corrected chi connectivity index (χ4v) is 1.93. The highest BCUT2D eigenvalue weighted by molar-refractivity contribution is 5.89. The number of hydrogen-bond acceptors (Lipinski definition) is 3. The molecule has 0 saturated heterocycles. The number of aromatic nitrogens is 1. The first kappa shape index (κ1) is 13.9. The molecule has 0 atom stereocenters. The van der Waals surface area contributed by atoms with E-state index < -0.39 is 22.8 Å². The van der Waals surface area contributed by atoms with Crippen LogP contribution < -0.4 is 5.43 Å². The van der Waals surface area contributed by atoms with Crippen LogP contribution in [0.1, 0.15) is 35.8 Å². The molecular weight excluding hydrogens is 258 g/mol. The minimum atomic E-state index is -1.37. The van der Waals surface area contributed by atoms with Crippen LogP contribution in [-0.4, -0.2) is 21.2 Å². The maximum atomic E-state index is 11.6. The highest BCUT2D eigenvalue weighted by Gasteiger charge is 2.15. The Labute approximate surface area is 115 Å². The van der Waals surface area contributed by atoms with Gasteiger partial charge in [0.1, 0.15) is 0 Å². The summed E-state index contributed by atoms with van der Waals surface area (Å²) in [6.45, 7) is 4.09. The maximum Gasteiger partial charge on any atom is 0.356 e. The quantitative estimate of drug-likeness (QED) is 0.801. The zero-order valence-corrected chi connectivity index (χ0v) is 11.2. The molecule has 0 unspecified atom stereocenters. The fourth-order valence-electron chi connectivity index (χ4n) is 1.93. The number of H-pyrrole nitrogens is 1. The number of aromatic hydroxyl groups is 1. The van der Waals surface area contributed by atoms with Crippen molar-refractivity contribution < 1.29 is 15.0 Å². The van der Waals surface area contributed by atoms with Crippen molar-refractivity contribution in [2.24, 2.45) is 0 Å². The zero-order valence-electron chi connectivity index (χ0n) is 11.2. The van der Waals surface area contributed by atoms with Crippen LogP contribution in [0.25, 0.3) is 11.3 Å². The van der Waals surface area contributed by atoms with Gasteiger partial charge >= 0.3 is 5.97 Å². The van der Waals surface area contributed by atoms with Crippen molar-refractivity contribution in [3.05, 3.63) is 51.8 Å². The molecule has 0 radical (unpaired) electrons. The van der Waals surface area contributed by atoms with E-state index in [2.05, 4.69) is 4.98 Å². The van der Waals surface area contributed by atoms with E-state index in [1.165, 1.54) is 6.07 Å². The Hall–Kier alpha value is -2.56. The average Bonchev–Trinajstić information content (AvgIpc) is 2.41. The standard InChI is InChI=1S/C15H15NO4/c1-8(2)9-4-3-5-10(6-9)11-7-12(17)14(18)13(16-11)15(19)20/h3-8,18H,1-2H3,(H,16,17)(H,19,20). The van der Waals surface area contributed by atoms with Crippen LogP contribution in [0.5, 0.6) is 5.75 Å². The molecule has 1 aromatic heterocycles. The van der Waals surface area contributed by atoms with Gasteiger partial charge in [-0.15, -0.1) is 0 Å². The van der Waals surface area contributed by atoms with Crippen molar-refractivity contribution in [3.8, 4) is 17.0 Å². The molecule has 0 bridgehead atoms. The molecule has 0 fully saturated rings. The number of benzene rings is 1. The number of carboxylic acid groups (broad SMARTS) is 1. The number of pyridine rings is 1. The minimum Gasteiger partial charge on any atom is -0.502 e. The van der Waals surface area contributed by atoms with Gasteiger partial charge < -0.3 is 15.2 Å². The van der Waals surface area contributed by atoms with E-state index in [-0.39, 0.29) is 0 Å². The monoisotopic (exact) mass is 273 g/mol. The predicted molar refractivity (Wildman–Crippen MR) is 75.2 cm³/mol. The van der Waals surface area contributed by atoms with Gasteiger partial charge in [-0.05, 0) is 23.1 Å². The largest absolute Gasteiger partial charge is 0.502 e. The first-order chi connectivity index (χ1) is 9.40. The smallest absolute Gasteiger partial charge is 0.356 e. The normalized spacial score (nSPS) is 10.8. The highest BCUT2D eigenvalue weighted by Crippen LogP contribution is 2.23. The lowest BCUT2D eigenvalue weighted by Gasteiger charge is -2.09. The lowest BCUT2D eigenvalue weighted by Crippen LogP contribution is -2.10. The summed E-state index contributed by atoms with van der Waals surface area (Å²) >= 11 is 0. The SMILES string of the molecule is CC(C)c1cccc(-c2cc(=O)c(O)c(C(=O)O)[nH]2)c1. The first-order valence-electron chi connectivity index (χ1n) is 6.20. The van der Waals surface area contributed by atoms with Crippen LogP contribution >= 0.6 is 0 Å². The molecule has 2 aromatic rings. The van der Waals surface area contributed by atoms with Gasteiger partial charge in [0.2, 0.25) is 5.43 Å². The number of aromatic carboxylic acids is 1. The number of nitrogens with one attached hydrogen (secondary N) is 1. The maximum absolute atomic E-state index is 11.6. The van der Waals surface area contributed by atoms with Crippen LogP contribution in [0.15, 0.2) is 35.1 Å². The summed E-state index contributed by atoms with van der Waals surface area (Å²) < 4.78 is 0. The van der Waals surface area contributed by atoms with Crippen molar-refractivity contribution in [2.45, 2.75) is 19.8 Å². The lowest BCUT2D eigenvalue weighted by atomic mass is 9.99. The molecule has 0 aliphatic rings. The molecule has 0 spiro atoms. The minimum absolute atomic E-state index is 0.317. The van der Waals surface area contributed by atoms with Gasteiger partial charge in [0, 0.05) is 6.07 Å². The summed E-state index contributed by atoms with van der Waals surface area (Å²) in [7, 11) is 0. The number of aromatic amines is 1. The highest BCUT2D eigenvalue weighted by atomic mass is 16.4. The van der Waals surface area contributed by atoms with Crippen LogP contribution in [-0.2, 0) is 0 Å². The molecule has 0 saturated carbocycles. The van der Waals surface area contributed by atoms with Crippen LogP contribution in [0.3, 0.4) is 0 Å². The Balaban J connectivity index is 2.61. The Morgan fingerprint density at radius 3 is 2.55 bits per heavy atom. The lowest BCUT2D eigenvalue weighted by molar-refractivity contribution is 0.0687. The van der Waals surface area contributed by atoms with Gasteiger partial charge in [0.05, 0.1) is 5.69 Å². The number of carbonyl (C=O) groups is 1. The van der Waals surface area contributed by atoms with E-state index in [0.29, 0.717) is 17.2 Å². The average molecular weight is 273 g/mol. The molecule has 0 aliphatic heterocycles. The molecule has 0 aliphatic carbocycles. The van der Waals surface area contributed by atoms with E-state index >= 15 is 0 Å². The second kappa shape index (κ2) is 5.21. The van der Waals surface area contributed by atoms with Crippen molar-refractivity contribution in [1.82, 2.24) is 4.98 Å². The molecule has 104 valence electrons. The van der Waals surface area contributed by atoms with E-state index in [1.54, 1.807) is 6.07 Å². The van der Waals surface area contributed by atoms with E-state index in [1.807, 2.05) is 32.0 Å². The van der Waals surface area contributed by atoms with Gasteiger partial charge in [-0.1, -0.05) is 32.0 Å². The molecule has 5 heteroatoms. The predicted octanol–water partition coefficient (Wildman–Crippen LogP) is 2.57. The Kier molecular flexibility index (Phi) is 3.61. The molecule has 1 aromatic carbocycles. The summed E-state index contributed by atoms with van der Waals surface area (Å²) in [4.78, 5) is 25.2. The Bertz CT molecular complexity index is 716. The van der Waals surface area contributed by atoms with Gasteiger partial charge in [0.15, 0.2) is 11.4 Å². The first-order valence-corrected chi connectivity index (χ1v) is 6.20. The molecule has 5 nitrogen and oxygen atoms in total. The molecule has 20 heavy (non-hydrogen) atoms. The summed E-state index contributed by atoms with van der Waals surface area (Å²) in [5.41, 5.74) is 0.936. The third-order valence-electron chi connectivity index (χ3n) is 3.08. The Morgan fingerprint density at radius 2 is 1.95 bits per heavy atom. The van der Waals surface area contributed by atoms with Gasteiger partial charge in [-0.25, -0.2) is 4.79 Å². The molecule has 1 heterocycles. The van der Waals surface area contributed by atoms with Gasteiger partial charge in [-0.3, -0.25) is 4.79 Å². The number of carboxylic acids is 1. The topological polar surface area (TPSA) is 90.4 Å². The third-order valence-corrected chi connectivity index (χ3v) is 3.08. The summed E-state index contributed by atoms with van der Waals surface area (Å²) in [5, 5.41) is 18.4. The summed E-state index contributed by atoms with van der Waals surface area (Å²) in [6.07, 6.45) is 0. The van der Waals surface area contributed by atoms with Crippen molar-refractivity contribution in [3.63, 3.8) is 0 Å². The van der Waals surface area contributed by atoms with E-state index in [0.717, 1.165) is 5.56 Å². The summed E-state index contributed by atoms with van der Waals surface area (Å²) in [5.74, 6) is -1.83. The second-order valence-corrected chi connectivity index (χ2v) is 4.86. The fraction of sp³-hybridized carbons (Fsp3) is 0.200. The van der Waals surface area contributed by atoms with Crippen LogP contribution in [0, 0.1) is 0 Å². The number of hydrogen-bond donors (Lipinski definition) is 3. The molecule has 2 rings (SSSR count). The second-order valence-electron chi connectivity index (χ2n) is 4.86. The van der Waals surface area contributed by atoms with Crippen molar-refractivity contribution in [2.75, 3.05) is 0 Å². The zero-order chi connectivity index (χ0) is 14.9. The van der Waals surface area contributed by atoms with Crippen LogP contribution in [0.2, 0.25) is 0 Å². The third kappa shape index (κ3) is 2.56. The number of rotatable bonds is 3. The molecule has 3 N–H and O–H groups in total. The summed E-state index contributed by atoms with van der Waals surface area (Å²) in [6, 6.07) is 8.67. The molecule has 0 amide bonds. The van der Waals surface area contributed by atoms with Crippen LogP contribution in [0.4, 0.5) is 0 Å². The molecular formula is C15H15NO4. The Morgan fingerprint density at radius 1 is 1.25 bits per heavy atom. The van der Waals surface area contributed by atoms with Crippen molar-refractivity contribution in [1.29, 1.82) is 0 Å². The van der Waals surface area contributed by atoms with E-state index in [4.69, 9.17) is 5.11 Å².